The van der Waals surface area contributed by atoms with Crippen molar-refractivity contribution < 1.29 is 27.1 Å². The number of amides is 1. The SMILES string of the molecule is COCCn1cc(C)s/c1=N\C(=O)c1cc(C(F)(F)F)ccc1F. The molecule has 130 valence electrons. The van der Waals surface area contributed by atoms with E-state index in [0.717, 1.165) is 4.88 Å². The number of benzene rings is 1. The van der Waals surface area contributed by atoms with E-state index in [1.807, 2.05) is 0 Å². The van der Waals surface area contributed by atoms with E-state index in [-0.39, 0.29) is 4.80 Å². The van der Waals surface area contributed by atoms with Gasteiger partial charge in [-0.25, -0.2) is 4.39 Å². The summed E-state index contributed by atoms with van der Waals surface area (Å²) in [6.45, 7) is 2.58. The van der Waals surface area contributed by atoms with Crippen molar-refractivity contribution in [3.63, 3.8) is 0 Å². The zero-order valence-electron chi connectivity index (χ0n) is 12.9. The first-order chi connectivity index (χ1) is 11.2. The van der Waals surface area contributed by atoms with Gasteiger partial charge < -0.3 is 9.30 Å². The highest BCUT2D eigenvalue weighted by Crippen LogP contribution is 2.30. The van der Waals surface area contributed by atoms with Crippen molar-refractivity contribution in [2.24, 2.45) is 4.99 Å². The molecule has 1 amide bonds. The maximum atomic E-state index is 13.7. The van der Waals surface area contributed by atoms with E-state index in [2.05, 4.69) is 4.99 Å². The van der Waals surface area contributed by atoms with Crippen LogP contribution in [0.2, 0.25) is 0 Å². The predicted octanol–water partition coefficient (Wildman–Crippen LogP) is 3.40. The van der Waals surface area contributed by atoms with Crippen molar-refractivity contribution in [1.82, 2.24) is 4.57 Å². The Morgan fingerprint density at radius 3 is 2.71 bits per heavy atom. The monoisotopic (exact) mass is 362 g/mol. The van der Waals surface area contributed by atoms with E-state index in [0.29, 0.717) is 31.4 Å². The van der Waals surface area contributed by atoms with E-state index in [1.54, 1.807) is 17.7 Å². The molecule has 0 aliphatic carbocycles. The molecule has 24 heavy (non-hydrogen) atoms. The van der Waals surface area contributed by atoms with Gasteiger partial charge >= 0.3 is 6.18 Å². The second-order valence-electron chi connectivity index (χ2n) is 4.92. The molecule has 9 heteroatoms. The largest absolute Gasteiger partial charge is 0.416 e. The number of nitrogens with zero attached hydrogens (tertiary/aromatic N) is 2. The highest BCUT2D eigenvalue weighted by Gasteiger charge is 2.31. The van der Waals surface area contributed by atoms with Gasteiger partial charge in [-0.2, -0.15) is 18.2 Å². The number of thiazole rings is 1. The maximum absolute atomic E-state index is 13.7. The number of methoxy groups -OCH3 is 1. The van der Waals surface area contributed by atoms with Crippen LogP contribution in [0.1, 0.15) is 20.8 Å². The Balaban J connectivity index is 2.43. The molecule has 0 aliphatic rings. The standard InChI is InChI=1S/C15H14F4N2O2S/c1-9-8-21(5-6-23-2)14(24-9)20-13(22)11-7-10(15(17,18)19)3-4-12(11)16/h3-4,7-8H,5-6H2,1-2H3/b20-14-. The van der Waals surface area contributed by atoms with Crippen LogP contribution in [-0.4, -0.2) is 24.2 Å². The zero-order chi connectivity index (χ0) is 17.9. The lowest BCUT2D eigenvalue weighted by molar-refractivity contribution is -0.137. The van der Waals surface area contributed by atoms with Crippen LogP contribution in [0.5, 0.6) is 0 Å². The molecule has 0 saturated heterocycles. The number of rotatable bonds is 4. The molecule has 0 radical (unpaired) electrons. The average Bonchev–Trinajstić information content (AvgIpc) is 2.83. The molecular formula is C15H14F4N2O2S. The molecule has 2 aromatic rings. The Bertz CT molecular complexity index is 809. The van der Waals surface area contributed by atoms with Crippen molar-refractivity contribution in [2.45, 2.75) is 19.6 Å². The number of alkyl halides is 3. The van der Waals surface area contributed by atoms with Crippen molar-refractivity contribution in [3.05, 3.63) is 51.0 Å². The number of carbonyl (C=O) groups is 1. The first kappa shape index (κ1) is 18.3. The fourth-order valence-electron chi connectivity index (χ4n) is 1.95. The zero-order valence-corrected chi connectivity index (χ0v) is 13.7. The van der Waals surface area contributed by atoms with Gasteiger partial charge in [0.15, 0.2) is 4.80 Å². The molecule has 0 bridgehead atoms. The average molecular weight is 362 g/mol. The Morgan fingerprint density at radius 2 is 2.08 bits per heavy atom. The summed E-state index contributed by atoms with van der Waals surface area (Å²) < 4.78 is 58.5. The third-order valence-electron chi connectivity index (χ3n) is 3.09. The molecule has 0 unspecified atom stereocenters. The van der Waals surface area contributed by atoms with Crippen molar-refractivity contribution in [2.75, 3.05) is 13.7 Å². The molecule has 0 saturated carbocycles. The number of hydrogen-bond acceptors (Lipinski definition) is 3. The van der Waals surface area contributed by atoms with Crippen LogP contribution in [0.25, 0.3) is 0 Å². The lowest BCUT2D eigenvalue weighted by Gasteiger charge is -2.07. The highest BCUT2D eigenvalue weighted by atomic mass is 32.1. The van der Waals surface area contributed by atoms with Crippen LogP contribution in [0.15, 0.2) is 29.4 Å². The number of aryl methyl sites for hydroxylation is 1. The first-order valence-electron chi connectivity index (χ1n) is 6.84. The van der Waals surface area contributed by atoms with Gasteiger partial charge in [-0.05, 0) is 25.1 Å². The molecule has 1 aromatic heterocycles. The highest BCUT2D eigenvalue weighted by molar-refractivity contribution is 7.09. The summed E-state index contributed by atoms with van der Waals surface area (Å²) in [5, 5.41) is 0. The number of carbonyl (C=O) groups excluding carboxylic acids is 1. The fraction of sp³-hybridized carbons (Fsp3) is 0.333. The third-order valence-corrected chi connectivity index (χ3v) is 4.03. The van der Waals surface area contributed by atoms with E-state index < -0.39 is 29.0 Å². The summed E-state index contributed by atoms with van der Waals surface area (Å²) >= 11 is 1.18. The van der Waals surface area contributed by atoms with Crippen LogP contribution < -0.4 is 4.80 Å². The van der Waals surface area contributed by atoms with Gasteiger partial charge in [0.05, 0.1) is 17.7 Å². The number of ether oxygens (including phenoxy) is 1. The molecule has 0 spiro atoms. The van der Waals surface area contributed by atoms with Gasteiger partial charge in [-0.3, -0.25) is 4.79 Å². The molecule has 0 aliphatic heterocycles. The minimum absolute atomic E-state index is 0.270. The lowest BCUT2D eigenvalue weighted by atomic mass is 10.1. The maximum Gasteiger partial charge on any atom is 0.416 e. The lowest BCUT2D eigenvalue weighted by Crippen LogP contribution is -2.19. The van der Waals surface area contributed by atoms with Crippen molar-refractivity contribution in [3.8, 4) is 0 Å². The van der Waals surface area contributed by atoms with E-state index in [9.17, 15) is 22.4 Å². The molecular weight excluding hydrogens is 348 g/mol. The molecule has 4 nitrogen and oxygen atoms in total. The van der Waals surface area contributed by atoms with Crippen molar-refractivity contribution >= 4 is 17.2 Å². The first-order valence-corrected chi connectivity index (χ1v) is 7.65. The van der Waals surface area contributed by atoms with E-state index in [4.69, 9.17) is 4.74 Å². The molecule has 2 rings (SSSR count). The second kappa shape index (κ2) is 7.27. The Hall–Kier alpha value is -2.00. The third kappa shape index (κ3) is 4.30. The number of hydrogen-bond donors (Lipinski definition) is 0. The predicted molar refractivity (Wildman–Crippen MR) is 80.2 cm³/mol. The van der Waals surface area contributed by atoms with Gasteiger partial charge in [0.1, 0.15) is 5.82 Å². The topological polar surface area (TPSA) is 43.6 Å². The summed E-state index contributed by atoms with van der Waals surface area (Å²) in [6.07, 6.45) is -2.93. The normalized spacial score (nSPS) is 12.7. The minimum Gasteiger partial charge on any atom is -0.383 e. The quantitative estimate of drug-likeness (QED) is 0.783. The Kier molecular flexibility index (Phi) is 5.55. The van der Waals surface area contributed by atoms with Gasteiger partial charge in [-0.15, -0.1) is 11.3 Å². The number of halogens is 4. The Morgan fingerprint density at radius 1 is 1.38 bits per heavy atom. The number of aromatic nitrogens is 1. The molecule has 0 fully saturated rings. The summed E-state index contributed by atoms with van der Waals surface area (Å²) in [4.78, 5) is 17.0. The summed E-state index contributed by atoms with van der Waals surface area (Å²) in [7, 11) is 1.51. The van der Waals surface area contributed by atoms with E-state index >= 15 is 0 Å². The molecule has 1 aromatic carbocycles. The van der Waals surface area contributed by atoms with Crippen LogP contribution in [0, 0.1) is 12.7 Å². The van der Waals surface area contributed by atoms with Crippen LogP contribution in [0.4, 0.5) is 17.6 Å². The van der Waals surface area contributed by atoms with Crippen molar-refractivity contribution in [1.29, 1.82) is 0 Å². The summed E-state index contributed by atoms with van der Waals surface area (Å²) in [6, 6.07) is 1.67. The summed E-state index contributed by atoms with van der Waals surface area (Å²) in [5.74, 6) is -2.11. The van der Waals surface area contributed by atoms with E-state index in [1.165, 1.54) is 18.4 Å². The minimum atomic E-state index is -4.67. The van der Waals surface area contributed by atoms with Crippen LogP contribution in [-0.2, 0) is 17.5 Å². The molecule has 1 heterocycles. The van der Waals surface area contributed by atoms with Gasteiger partial charge in [0.2, 0.25) is 0 Å². The van der Waals surface area contributed by atoms with Gasteiger partial charge in [-0.1, -0.05) is 0 Å². The van der Waals surface area contributed by atoms with Gasteiger partial charge in [0, 0.05) is 24.7 Å². The fourth-order valence-corrected chi connectivity index (χ4v) is 2.81. The van der Waals surface area contributed by atoms with Gasteiger partial charge in [0.25, 0.3) is 5.91 Å². The molecule has 0 atom stereocenters. The molecule has 0 N–H and O–H groups in total. The smallest absolute Gasteiger partial charge is 0.383 e. The Labute approximate surface area is 139 Å². The second-order valence-corrected chi connectivity index (χ2v) is 6.13. The van der Waals surface area contributed by atoms with Crippen LogP contribution in [0.3, 0.4) is 0 Å². The summed E-state index contributed by atoms with van der Waals surface area (Å²) in [5.41, 5.74) is -1.81. The van der Waals surface area contributed by atoms with Crippen LogP contribution >= 0.6 is 11.3 Å².